The van der Waals surface area contributed by atoms with E-state index in [1.165, 1.54) is 12.1 Å². The fraction of sp³-hybridized carbons (Fsp3) is 0.400. The standard InChI is InChI=1S/C15H18N4O3S/c1-14(2)11-12(15(3,4)22-14)18-19-13(17-11)9-6-5-7-10(8-9)23(16,20)21/h5-8H,1-4H3,(H2,16,20,21). The molecule has 0 saturated carbocycles. The van der Waals surface area contributed by atoms with Gasteiger partial charge in [-0.3, -0.25) is 0 Å². The van der Waals surface area contributed by atoms with Crippen LogP contribution in [0.1, 0.15) is 39.1 Å². The van der Waals surface area contributed by atoms with E-state index >= 15 is 0 Å². The van der Waals surface area contributed by atoms with Gasteiger partial charge in [0.25, 0.3) is 0 Å². The summed E-state index contributed by atoms with van der Waals surface area (Å²) < 4.78 is 29.0. The molecule has 0 saturated heterocycles. The molecule has 1 aromatic heterocycles. The molecule has 1 aliphatic rings. The molecule has 0 amide bonds. The minimum Gasteiger partial charge on any atom is -0.357 e. The van der Waals surface area contributed by atoms with E-state index in [1.54, 1.807) is 12.1 Å². The van der Waals surface area contributed by atoms with Gasteiger partial charge in [-0.1, -0.05) is 12.1 Å². The van der Waals surface area contributed by atoms with E-state index in [1.807, 2.05) is 27.7 Å². The summed E-state index contributed by atoms with van der Waals surface area (Å²) in [7, 11) is -3.79. The van der Waals surface area contributed by atoms with Gasteiger partial charge < -0.3 is 4.74 Å². The molecule has 122 valence electrons. The van der Waals surface area contributed by atoms with Crippen molar-refractivity contribution in [1.82, 2.24) is 15.2 Å². The van der Waals surface area contributed by atoms with E-state index in [4.69, 9.17) is 9.88 Å². The van der Waals surface area contributed by atoms with Crippen LogP contribution in [0.15, 0.2) is 29.2 Å². The second-order valence-electron chi connectivity index (χ2n) is 6.53. The lowest BCUT2D eigenvalue weighted by Gasteiger charge is -2.23. The molecule has 0 spiro atoms. The van der Waals surface area contributed by atoms with Crippen LogP contribution in [-0.2, 0) is 26.0 Å². The van der Waals surface area contributed by atoms with Crippen LogP contribution < -0.4 is 5.14 Å². The van der Waals surface area contributed by atoms with Crippen molar-refractivity contribution < 1.29 is 13.2 Å². The second kappa shape index (κ2) is 4.80. The van der Waals surface area contributed by atoms with Crippen molar-refractivity contribution in [2.24, 2.45) is 5.14 Å². The van der Waals surface area contributed by atoms with E-state index in [2.05, 4.69) is 15.2 Å². The molecule has 2 N–H and O–H groups in total. The van der Waals surface area contributed by atoms with Gasteiger partial charge in [0.05, 0.1) is 4.90 Å². The van der Waals surface area contributed by atoms with Gasteiger partial charge in [-0.05, 0) is 39.8 Å². The molecule has 0 radical (unpaired) electrons. The highest BCUT2D eigenvalue weighted by molar-refractivity contribution is 7.89. The summed E-state index contributed by atoms with van der Waals surface area (Å²) in [6, 6.07) is 6.17. The Bertz CT molecular complexity index is 891. The van der Waals surface area contributed by atoms with Crippen LogP contribution in [0.3, 0.4) is 0 Å². The average molecular weight is 334 g/mol. The predicted molar refractivity (Wildman–Crippen MR) is 83.8 cm³/mol. The third kappa shape index (κ3) is 2.73. The smallest absolute Gasteiger partial charge is 0.238 e. The van der Waals surface area contributed by atoms with Crippen molar-refractivity contribution in [2.75, 3.05) is 0 Å². The summed E-state index contributed by atoms with van der Waals surface area (Å²) in [6.45, 7) is 7.66. The van der Waals surface area contributed by atoms with E-state index in [9.17, 15) is 8.42 Å². The summed E-state index contributed by atoms with van der Waals surface area (Å²) in [6.07, 6.45) is 0. The maximum absolute atomic E-state index is 11.5. The molecule has 0 bridgehead atoms. The van der Waals surface area contributed by atoms with Crippen LogP contribution in [0.4, 0.5) is 0 Å². The Kier molecular flexibility index (Phi) is 3.33. The number of sulfonamides is 1. The Morgan fingerprint density at radius 2 is 1.70 bits per heavy atom. The highest BCUT2D eigenvalue weighted by atomic mass is 32.2. The lowest BCUT2D eigenvalue weighted by molar-refractivity contribution is -0.107. The first-order chi connectivity index (χ1) is 10.5. The van der Waals surface area contributed by atoms with Crippen molar-refractivity contribution in [3.63, 3.8) is 0 Å². The summed E-state index contributed by atoms with van der Waals surface area (Å²) in [5, 5.41) is 13.6. The third-order valence-electron chi connectivity index (χ3n) is 3.76. The molecular formula is C15H18N4O3S. The summed E-state index contributed by atoms with van der Waals surface area (Å²) in [5.74, 6) is 0.337. The number of benzene rings is 1. The van der Waals surface area contributed by atoms with Crippen LogP contribution in [-0.4, -0.2) is 23.6 Å². The molecule has 1 aromatic carbocycles. The average Bonchev–Trinajstić information content (AvgIpc) is 2.63. The Morgan fingerprint density at radius 1 is 1.04 bits per heavy atom. The highest BCUT2D eigenvalue weighted by Gasteiger charge is 2.46. The van der Waals surface area contributed by atoms with Crippen LogP contribution >= 0.6 is 0 Å². The number of primary sulfonamides is 1. The molecule has 2 heterocycles. The molecule has 8 heteroatoms. The maximum atomic E-state index is 11.5. The lowest BCUT2D eigenvalue weighted by atomic mass is 10.0. The number of hydrogen-bond acceptors (Lipinski definition) is 6. The van der Waals surface area contributed by atoms with Crippen molar-refractivity contribution in [2.45, 2.75) is 43.8 Å². The third-order valence-corrected chi connectivity index (χ3v) is 4.67. The normalized spacial score (nSPS) is 18.7. The van der Waals surface area contributed by atoms with Gasteiger partial charge in [0, 0.05) is 5.56 Å². The molecule has 23 heavy (non-hydrogen) atoms. The van der Waals surface area contributed by atoms with Gasteiger partial charge in [0.1, 0.15) is 22.6 Å². The molecule has 2 aromatic rings. The van der Waals surface area contributed by atoms with Gasteiger partial charge in [0.15, 0.2) is 5.82 Å². The van der Waals surface area contributed by atoms with Crippen molar-refractivity contribution in [1.29, 1.82) is 0 Å². The van der Waals surface area contributed by atoms with E-state index < -0.39 is 21.2 Å². The maximum Gasteiger partial charge on any atom is 0.238 e. The fourth-order valence-corrected chi connectivity index (χ4v) is 3.38. The molecule has 3 rings (SSSR count). The summed E-state index contributed by atoms with van der Waals surface area (Å²) in [4.78, 5) is 4.57. The van der Waals surface area contributed by atoms with Crippen LogP contribution in [0.25, 0.3) is 11.4 Å². The van der Waals surface area contributed by atoms with Crippen LogP contribution in [0.5, 0.6) is 0 Å². The number of hydrogen-bond donors (Lipinski definition) is 1. The first-order valence-electron chi connectivity index (χ1n) is 7.10. The van der Waals surface area contributed by atoms with Gasteiger partial charge >= 0.3 is 0 Å². The summed E-state index contributed by atoms with van der Waals surface area (Å²) in [5.41, 5.74) is 0.760. The van der Waals surface area contributed by atoms with Gasteiger partial charge in [-0.25, -0.2) is 18.5 Å². The zero-order valence-electron chi connectivity index (χ0n) is 13.4. The number of rotatable bonds is 2. The molecule has 0 aliphatic carbocycles. The molecule has 0 unspecified atom stereocenters. The number of nitrogens with zero attached hydrogens (tertiary/aromatic N) is 3. The van der Waals surface area contributed by atoms with Crippen molar-refractivity contribution in [3.05, 3.63) is 35.7 Å². The zero-order valence-corrected chi connectivity index (χ0v) is 14.2. The first-order valence-corrected chi connectivity index (χ1v) is 8.64. The topological polar surface area (TPSA) is 108 Å². The molecule has 1 aliphatic heterocycles. The first kappa shape index (κ1) is 16.0. The molecule has 0 fully saturated rings. The fourth-order valence-electron chi connectivity index (χ4n) is 2.82. The lowest BCUT2D eigenvalue weighted by Crippen LogP contribution is -2.23. The number of fused-ring (bicyclic) bond motifs is 1. The Hall–Kier alpha value is -1.90. The minimum atomic E-state index is -3.79. The zero-order chi connectivity index (χ0) is 17.0. The van der Waals surface area contributed by atoms with Gasteiger partial charge in [-0.15, -0.1) is 10.2 Å². The Balaban J connectivity index is 2.14. The second-order valence-corrected chi connectivity index (χ2v) is 8.09. The Morgan fingerprint density at radius 3 is 2.35 bits per heavy atom. The van der Waals surface area contributed by atoms with Crippen LogP contribution in [0.2, 0.25) is 0 Å². The SMILES string of the molecule is CC1(C)OC(C)(C)c2nc(-c3cccc(S(N)(=O)=O)c3)nnc21. The minimum absolute atomic E-state index is 0.00920. The number of ether oxygens (including phenoxy) is 1. The van der Waals surface area contributed by atoms with Gasteiger partial charge in [0.2, 0.25) is 10.0 Å². The van der Waals surface area contributed by atoms with E-state index in [0.29, 0.717) is 22.8 Å². The van der Waals surface area contributed by atoms with Gasteiger partial charge in [-0.2, -0.15) is 0 Å². The number of aromatic nitrogens is 3. The quantitative estimate of drug-likeness (QED) is 0.895. The monoisotopic (exact) mass is 334 g/mol. The largest absolute Gasteiger partial charge is 0.357 e. The van der Waals surface area contributed by atoms with E-state index in [0.717, 1.165) is 0 Å². The van der Waals surface area contributed by atoms with Crippen molar-refractivity contribution >= 4 is 10.0 Å². The predicted octanol–water partition coefficient (Wildman–Crippen LogP) is 1.69. The van der Waals surface area contributed by atoms with E-state index in [-0.39, 0.29) is 4.90 Å². The molecule has 0 atom stereocenters. The van der Waals surface area contributed by atoms with Crippen LogP contribution in [0, 0.1) is 0 Å². The highest BCUT2D eigenvalue weighted by Crippen LogP contribution is 2.44. The molecule has 7 nitrogen and oxygen atoms in total. The van der Waals surface area contributed by atoms with Crippen molar-refractivity contribution in [3.8, 4) is 11.4 Å². The molecular weight excluding hydrogens is 316 g/mol. The summed E-state index contributed by atoms with van der Waals surface area (Å²) >= 11 is 0. The Labute approximate surface area is 135 Å². The number of nitrogens with two attached hydrogens (primary N) is 1.